The first-order valence-corrected chi connectivity index (χ1v) is 4.98. The predicted molar refractivity (Wildman–Crippen MR) is 55.3 cm³/mol. The molecule has 0 unspecified atom stereocenters. The molecule has 0 aliphatic heterocycles. The molecule has 2 aromatic rings. The van der Waals surface area contributed by atoms with Gasteiger partial charge in [-0.2, -0.15) is 0 Å². The van der Waals surface area contributed by atoms with E-state index in [1.807, 2.05) is 22.7 Å². The number of halogens is 1. The molecule has 0 atom stereocenters. The zero-order chi connectivity index (χ0) is 9.76. The van der Waals surface area contributed by atoms with Crippen LogP contribution < -0.4 is 5.73 Å². The summed E-state index contributed by atoms with van der Waals surface area (Å²) in [4.78, 5) is 4.03. The maximum absolute atomic E-state index is 6.10. The number of fused-ring (bicyclic) bond motifs is 1. The monoisotopic (exact) mass is 207 g/mol. The number of rotatable bonds is 1. The van der Waals surface area contributed by atoms with Crippen molar-refractivity contribution in [2.24, 2.45) is 5.73 Å². The maximum atomic E-state index is 6.10. The molecule has 0 amide bonds. The van der Waals surface area contributed by atoms with E-state index < -0.39 is 0 Å². The van der Waals surface area contributed by atoms with Gasteiger partial charge in [0.05, 0.1) is 5.52 Å². The van der Waals surface area contributed by atoms with Crippen molar-refractivity contribution in [1.29, 1.82) is 0 Å². The highest BCUT2D eigenvalue weighted by Crippen LogP contribution is 2.43. The van der Waals surface area contributed by atoms with Crippen LogP contribution in [0.3, 0.4) is 0 Å². The molecule has 3 nitrogen and oxygen atoms in total. The van der Waals surface area contributed by atoms with Gasteiger partial charge in [0.2, 0.25) is 0 Å². The van der Waals surface area contributed by atoms with Gasteiger partial charge in [-0.25, -0.2) is 4.98 Å². The molecule has 2 aromatic heterocycles. The van der Waals surface area contributed by atoms with E-state index in [0.29, 0.717) is 5.15 Å². The van der Waals surface area contributed by atoms with Crippen LogP contribution in [0.1, 0.15) is 18.4 Å². The third-order valence-electron chi connectivity index (χ3n) is 2.86. The van der Waals surface area contributed by atoms with E-state index in [-0.39, 0.29) is 5.54 Å². The first-order chi connectivity index (χ1) is 6.69. The quantitative estimate of drug-likeness (QED) is 0.777. The lowest BCUT2D eigenvalue weighted by Crippen LogP contribution is -2.18. The second kappa shape index (κ2) is 2.49. The van der Waals surface area contributed by atoms with E-state index in [4.69, 9.17) is 17.3 Å². The van der Waals surface area contributed by atoms with Crippen LogP contribution in [0.4, 0.5) is 0 Å². The van der Waals surface area contributed by atoms with E-state index in [2.05, 4.69) is 4.98 Å². The van der Waals surface area contributed by atoms with Crippen LogP contribution in [0.15, 0.2) is 24.7 Å². The van der Waals surface area contributed by atoms with Crippen molar-refractivity contribution >= 4 is 17.1 Å². The molecule has 72 valence electrons. The lowest BCUT2D eigenvalue weighted by atomic mass is 10.1. The average molecular weight is 208 g/mol. The Bertz CT molecular complexity index is 499. The molecule has 0 bridgehead atoms. The number of pyridine rings is 1. The Morgan fingerprint density at radius 2 is 2.29 bits per heavy atom. The molecule has 2 heterocycles. The summed E-state index contributed by atoms with van der Waals surface area (Å²) < 4.78 is 1.90. The number of hydrogen-bond acceptors (Lipinski definition) is 2. The van der Waals surface area contributed by atoms with Crippen LogP contribution in [-0.4, -0.2) is 9.38 Å². The van der Waals surface area contributed by atoms with E-state index in [9.17, 15) is 0 Å². The molecular formula is C10H10ClN3. The normalized spacial score (nSPS) is 18.7. The van der Waals surface area contributed by atoms with Gasteiger partial charge >= 0.3 is 0 Å². The van der Waals surface area contributed by atoms with Gasteiger partial charge in [-0.3, -0.25) is 0 Å². The lowest BCUT2D eigenvalue weighted by molar-refractivity contribution is 0.739. The highest BCUT2D eigenvalue weighted by atomic mass is 35.5. The fourth-order valence-electron chi connectivity index (χ4n) is 1.69. The van der Waals surface area contributed by atoms with Crippen LogP contribution in [-0.2, 0) is 5.54 Å². The Morgan fingerprint density at radius 1 is 1.50 bits per heavy atom. The van der Waals surface area contributed by atoms with Crippen LogP contribution >= 0.6 is 11.6 Å². The summed E-state index contributed by atoms with van der Waals surface area (Å²) in [5, 5.41) is 0.538. The van der Waals surface area contributed by atoms with Gasteiger partial charge < -0.3 is 10.1 Å². The molecule has 0 radical (unpaired) electrons. The molecule has 1 aliphatic rings. The van der Waals surface area contributed by atoms with Crippen LogP contribution in [0, 0.1) is 0 Å². The molecule has 4 heteroatoms. The van der Waals surface area contributed by atoms with E-state index in [0.717, 1.165) is 23.9 Å². The third-order valence-corrected chi connectivity index (χ3v) is 3.15. The van der Waals surface area contributed by atoms with Gasteiger partial charge in [-0.15, -0.1) is 0 Å². The van der Waals surface area contributed by atoms with Crippen molar-refractivity contribution in [2.45, 2.75) is 18.4 Å². The molecule has 1 aliphatic carbocycles. The van der Waals surface area contributed by atoms with Crippen LogP contribution in [0.25, 0.3) is 5.52 Å². The first-order valence-electron chi connectivity index (χ1n) is 4.61. The van der Waals surface area contributed by atoms with Crippen molar-refractivity contribution in [2.75, 3.05) is 0 Å². The molecule has 1 fully saturated rings. The molecule has 3 rings (SSSR count). The Morgan fingerprint density at radius 3 is 3.00 bits per heavy atom. The Labute approximate surface area is 86.5 Å². The van der Waals surface area contributed by atoms with Gasteiger partial charge in [0.15, 0.2) is 5.15 Å². The minimum atomic E-state index is -0.102. The van der Waals surface area contributed by atoms with Gasteiger partial charge in [0.1, 0.15) is 6.33 Å². The molecule has 14 heavy (non-hydrogen) atoms. The van der Waals surface area contributed by atoms with Crippen molar-refractivity contribution < 1.29 is 0 Å². The first kappa shape index (κ1) is 8.26. The zero-order valence-electron chi connectivity index (χ0n) is 7.57. The Hall–Kier alpha value is -1.06. The molecule has 2 N–H and O–H groups in total. The lowest BCUT2D eigenvalue weighted by Gasteiger charge is -2.08. The van der Waals surface area contributed by atoms with E-state index >= 15 is 0 Å². The molecule has 0 spiro atoms. The summed E-state index contributed by atoms with van der Waals surface area (Å²) in [7, 11) is 0. The Balaban J connectivity index is 2.23. The van der Waals surface area contributed by atoms with E-state index in [1.165, 1.54) is 0 Å². The van der Waals surface area contributed by atoms with Crippen LogP contribution in [0.2, 0.25) is 5.15 Å². The Kier molecular flexibility index (Phi) is 1.47. The summed E-state index contributed by atoms with van der Waals surface area (Å²) in [5.74, 6) is 0. The summed E-state index contributed by atoms with van der Waals surface area (Å²) in [5.41, 5.74) is 8.09. The molecular weight excluding hydrogens is 198 g/mol. The highest BCUT2D eigenvalue weighted by Gasteiger charge is 2.40. The standard InChI is InChI=1S/C10H10ClN3/c11-9-8-5-7(10(12)2-3-10)1-4-14(8)6-13-9/h1,4-6H,2-3,12H2. The summed E-state index contributed by atoms with van der Waals surface area (Å²) in [6.45, 7) is 0. The molecule has 0 aromatic carbocycles. The minimum absolute atomic E-state index is 0.102. The predicted octanol–water partition coefficient (Wildman–Crippen LogP) is 1.94. The maximum Gasteiger partial charge on any atom is 0.154 e. The molecule has 1 saturated carbocycles. The third kappa shape index (κ3) is 1.06. The largest absolute Gasteiger partial charge is 0.321 e. The highest BCUT2D eigenvalue weighted by molar-refractivity contribution is 6.32. The number of aromatic nitrogens is 2. The van der Waals surface area contributed by atoms with Crippen molar-refractivity contribution in [3.63, 3.8) is 0 Å². The SMILES string of the molecule is NC1(c2ccn3cnc(Cl)c3c2)CC1. The topological polar surface area (TPSA) is 43.3 Å². The number of hydrogen-bond donors (Lipinski definition) is 1. The second-order valence-corrected chi connectivity index (χ2v) is 4.26. The summed E-state index contributed by atoms with van der Waals surface area (Å²) in [6.07, 6.45) is 5.79. The number of nitrogens with zero attached hydrogens (tertiary/aromatic N) is 2. The average Bonchev–Trinajstić information content (AvgIpc) is 2.84. The van der Waals surface area contributed by atoms with Crippen molar-refractivity contribution in [3.05, 3.63) is 35.4 Å². The minimum Gasteiger partial charge on any atom is -0.321 e. The van der Waals surface area contributed by atoms with Gasteiger partial charge in [0, 0.05) is 11.7 Å². The smallest absolute Gasteiger partial charge is 0.154 e. The summed E-state index contributed by atoms with van der Waals surface area (Å²) >= 11 is 5.94. The number of imidazole rings is 1. The van der Waals surface area contributed by atoms with Gasteiger partial charge in [-0.05, 0) is 30.5 Å². The van der Waals surface area contributed by atoms with E-state index in [1.54, 1.807) is 6.33 Å². The van der Waals surface area contributed by atoms with Crippen molar-refractivity contribution in [3.8, 4) is 0 Å². The molecule has 0 saturated heterocycles. The fraction of sp³-hybridized carbons (Fsp3) is 0.300. The summed E-state index contributed by atoms with van der Waals surface area (Å²) in [6, 6.07) is 4.07. The van der Waals surface area contributed by atoms with Gasteiger partial charge in [0.25, 0.3) is 0 Å². The van der Waals surface area contributed by atoms with Crippen LogP contribution in [0.5, 0.6) is 0 Å². The zero-order valence-corrected chi connectivity index (χ0v) is 8.33. The van der Waals surface area contributed by atoms with Gasteiger partial charge in [-0.1, -0.05) is 11.6 Å². The fourth-order valence-corrected chi connectivity index (χ4v) is 1.89. The second-order valence-electron chi connectivity index (χ2n) is 3.90. The number of nitrogens with two attached hydrogens (primary N) is 1. The van der Waals surface area contributed by atoms with Crippen molar-refractivity contribution in [1.82, 2.24) is 9.38 Å².